The van der Waals surface area contributed by atoms with Crippen LogP contribution in [0.15, 0.2) is 18.2 Å². The predicted molar refractivity (Wildman–Crippen MR) is 145 cm³/mol. The Balaban J connectivity index is 2.91. The summed E-state index contributed by atoms with van der Waals surface area (Å²) < 4.78 is 30.7. The van der Waals surface area contributed by atoms with Gasteiger partial charge in [0.15, 0.2) is 11.5 Å². The Morgan fingerprint density at radius 3 is 1.88 bits per heavy atom. The molecule has 0 saturated carbocycles. The topological polar surface area (TPSA) is 156 Å². The molecule has 1 unspecified atom stereocenters. The Bertz CT molecular complexity index is 962. The molecule has 226 valence electrons. The molecule has 12 heteroatoms. The van der Waals surface area contributed by atoms with Gasteiger partial charge in [0.25, 0.3) is 0 Å². The van der Waals surface area contributed by atoms with Crippen LogP contribution >= 0.6 is 0 Å². The van der Waals surface area contributed by atoms with Crippen LogP contribution in [0.1, 0.15) is 60.5 Å². The van der Waals surface area contributed by atoms with E-state index >= 15 is 0 Å². The highest BCUT2D eigenvalue weighted by Gasteiger charge is 2.22. The lowest BCUT2D eigenvalue weighted by Crippen LogP contribution is -2.42. The third-order valence-corrected chi connectivity index (χ3v) is 5.07. The molecule has 0 aliphatic heterocycles. The van der Waals surface area contributed by atoms with Crippen molar-refractivity contribution in [3.05, 3.63) is 23.8 Å². The Morgan fingerprint density at radius 2 is 1.35 bits per heavy atom. The minimum atomic E-state index is -1.15. The zero-order chi connectivity index (χ0) is 30.2. The van der Waals surface area contributed by atoms with E-state index in [0.717, 1.165) is 0 Å². The van der Waals surface area contributed by atoms with E-state index in [1.807, 2.05) is 41.5 Å². The maximum atomic E-state index is 12.2. The van der Waals surface area contributed by atoms with Crippen molar-refractivity contribution in [2.24, 2.45) is 17.8 Å². The smallest absolute Gasteiger partial charge is 0.480 e. The van der Waals surface area contributed by atoms with Crippen LogP contribution in [0, 0.1) is 17.8 Å². The predicted octanol–water partition coefficient (Wildman–Crippen LogP) is 5.20. The van der Waals surface area contributed by atoms with Crippen molar-refractivity contribution in [2.75, 3.05) is 26.4 Å². The van der Waals surface area contributed by atoms with Crippen LogP contribution in [0.5, 0.6) is 11.5 Å². The molecule has 2 atom stereocenters. The lowest BCUT2D eigenvalue weighted by atomic mass is 10.0. The Kier molecular flexibility index (Phi) is 15.5. The summed E-state index contributed by atoms with van der Waals surface area (Å²) >= 11 is 0. The van der Waals surface area contributed by atoms with Crippen LogP contribution in [-0.2, 0) is 30.2 Å². The standard InChI is InChI=1S/C28H43NO11/c1-17(2)10-11-35-26(32)38-20(7)14-29-22(25(30)31)12-21-8-9-23(39-27(33)36-15-18(3)4)24(13-21)40-28(34)37-16-19(5)6/h8-9,13,17-20,22,29H,10-12,14-16H2,1-7H3,(H,30,31)/t20?,22-/m0/s1. The zero-order valence-corrected chi connectivity index (χ0v) is 24.4. The quantitative estimate of drug-likeness (QED) is 0.153. The maximum Gasteiger partial charge on any atom is 0.513 e. The minimum Gasteiger partial charge on any atom is -0.480 e. The molecule has 0 spiro atoms. The molecular weight excluding hydrogens is 526 g/mol. The summed E-state index contributed by atoms with van der Waals surface area (Å²) in [5, 5.41) is 12.6. The molecule has 2 N–H and O–H groups in total. The van der Waals surface area contributed by atoms with Gasteiger partial charge in [0.2, 0.25) is 0 Å². The van der Waals surface area contributed by atoms with E-state index in [1.165, 1.54) is 18.2 Å². The summed E-state index contributed by atoms with van der Waals surface area (Å²) in [5.41, 5.74) is 0.455. The Morgan fingerprint density at radius 1 is 0.775 bits per heavy atom. The number of carbonyl (C=O) groups excluding carboxylic acids is 3. The van der Waals surface area contributed by atoms with Gasteiger partial charge in [0, 0.05) is 6.54 Å². The number of carboxylic acids is 1. The maximum absolute atomic E-state index is 12.2. The van der Waals surface area contributed by atoms with Gasteiger partial charge in [-0.15, -0.1) is 0 Å². The molecule has 0 aliphatic carbocycles. The largest absolute Gasteiger partial charge is 0.513 e. The number of hydrogen-bond acceptors (Lipinski definition) is 11. The fourth-order valence-electron chi connectivity index (χ4n) is 2.96. The molecular formula is C28H43NO11. The molecule has 0 aliphatic rings. The molecule has 0 bridgehead atoms. The second-order valence-electron chi connectivity index (χ2n) is 10.6. The molecule has 0 radical (unpaired) electrons. The summed E-state index contributed by atoms with van der Waals surface area (Å²) in [6.45, 7) is 13.6. The third-order valence-electron chi connectivity index (χ3n) is 5.07. The number of benzene rings is 1. The lowest BCUT2D eigenvalue weighted by molar-refractivity contribution is -0.139. The minimum absolute atomic E-state index is 0.0314. The van der Waals surface area contributed by atoms with Gasteiger partial charge in [-0.05, 0) is 55.2 Å². The molecule has 0 heterocycles. The highest BCUT2D eigenvalue weighted by atomic mass is 16.7. The van der Waals surface area contributed by atoms with Crippen LogP contribution in [0.2, 0.25) is 0 Å². The fourth-order valence-corrected chi connectivity index (χ4v) is 2.96. The monoisotopic (exact) mass is 569 g/mol. The summed E-state index contributed by atoms with van der Waals surface area (Å²) in [5.74, 6) is -0.867. The number of nitrogens with one attached hydrogen (secondary N) is 1. The van der Waals surface area contributed by atoms with Crippen molar-refractivity contribution in [1.82, 2.24) is 5.32 Å². The van der Waals surface area contributed by atoms with Gasteiger partial charge in [-0.1, -0.05) is 47.6 Å². The molecule has 0 saturated heterocycles. The first kappa shape index (κ1) is 34.5. The molecule has 1 aromatic carbocycles. The van der Waals surface area contributed by atoms with Crippen LogP contribution in [0.4, 0.5) is 14.4 Å². The van der Waals surface area contributed by atoms with E-state index in [9.17, 15) is 24.3 Å². The number of rotatable bonds is 16. The van der Waals surface area contributed by atoms with Crippen LogP contribution in [0.25, 0.3) is 0 Å². The number of carbonyl (C=O) groups is 4. The first-order chi connectivity index (χ1) is 18.8. The first-order valence-electron chi connectivity index (χ1n) is 13.4. The van der Waals surface area contributed by atoms with Crippen LogP contribution in [-0.4, -0.2) is 68.1 Å². The number of aliphatic carboxylic acids is 1. The SMILES string of the molecule is CC(C)CCOC(=O)OC(C)CN[C@@H](Cc1ccc(OC(=O)OCC(C)C)c(OC(=O)OCC(C)C)c1)C(=O)O. The average Bonchev–Trinajstić information content (AvgIpc) is 2.85. The lowest BCUT2D eigenvalue weighted by Gasteiger charge is -2.19. The van der Waals surface area contributed by atoms with E-state index in [0.29, 0.717) is 17.9 Å². The van der Waals surface area contributed by atoms with Crippen LogP contribution < -0.4 is 14.8 Å². The molecule has 1 rings (SSSR count). The zero-order valence-electron chi connectivity index (χ0n) is 24.4. The molecule has 12 nitrogen and oxygen atoms in total. The summed E-state index contributed by atoms with van der Waals surface area (Å²) in [6.07, 6.45) is -2.80. The van der Waals surface area contributed by atoms with Crippen LogP contribution in [0.3, 0.4) is 0 Å². The number of ether oxygens (including phenoxy) is 6. The summed E-state index contributed by atoms with van der Waals surface area (Å²) in [4.78, 5) is 48.0. The second-order valence-corrected chi connectivity index (χ2v) is 10.6. The van der Waals surface area contributed by atoms with E-state index in [-0.39, 0.29) is 56.1 Å². The molecule has 0 amide bonds. The van der Waals surface area contributed by atoms with Gasteiger partial charge in [0.05, 0.1) is 19.8 Å². The van der Waals surface area contributed by atoms with Gasteiger partial charge >= 0.3 is 24.4 Å². The summed E-state index contributed by atoms with van der Waals surface area (Å²) in [6, 6.07) is 3.20. The normalized spacial score (nSPS) is 12.6. The van der Waals surface area contributed by atoms with Crippen molar-refractivity contribution >= 4 is 24.4 Å². The van der Waals surface area contributed by atoms with Gasteiger partial charge in [0.1, 0.15) is 12.1 Å². The van der Waals surface area contributed by atoms with Gasteiger partial charge in [-0.3, -0.25) is 4.79 Å². The molecule has 40 heavy (non-hydrogen) atoms. The number of hydrogen-bond donors (Lipinski definition) is 2. The van der Waals surface area contributed by atoms with E-state index in [1.54, 1.807) is 6.92 Å². The summed E-state index contributed by atoms with van der Waals surface area (Å²) in [7, 11) is 0. The highest BCUT2D eigenvalue weighted by molar-refractivity contribution is 5.74. The van der Waals surface area contributed by atoms with E-state index in [2.05, 4.69) is 5.32 Å². The van der Waals surface area contributed by atoms with Crippen molar-refractivity contribution in [1.29, 1.82) is 0 Å². The number of carboxylic acid groups (broad SMARTS) is 1. The van der Waals surface area contributed by atoms with Gasteiger partial charge in [-0.25, -0.2) is 14.4 Å². The molecule has 1 aromatic rings. The second kappa shape index (κ2) is 17.9. The average molecular weight is 570 g/mol. The van der Waals surface area contributed by atoms with E-state index in [4.69, 9.17) is 28.4 Å². The fraction of sp³-hybridized carbons (Fsp3) is 0.643. The van der Waals surface area contributed by atoms with Crippen molar-refractivity contribution in [3.8, 4) is 11.5 Å². The van der Waals surface area contributed by atoms with Crippen molar-refractivity contribution < 1.29 is 52.7 Å². The van der Waals surface area contributed by atoms with Crippen molar-refractivity contribution in [3.63, 3.8) is 0 Å². The highest BCUT2D eigenvalue weighted by Crippen LogP contribution is 2.30. The Labute approximate surface area is 235 Å². The molecule has 0 aromatic heterocycles. The molecule has 0 fully saturated rings. The Hall–Kier alpha value is -3.54. The first-order valence-corrected chi connectivity index (χ1v) is 13.4. The van der Waals surface area contributed by atoms with Gasteiger partial charge in [-0.2, -0.15) is 0 Å². The van der Waals surface area contributed by atoms with Crippen molar-refractivity contribution in [2.45, 2.75) is 73.5 Å². The van der Waals surface area contributed by atoms with Gasteiger partial charge < -0.3 is 38.8 Å². The third kappa shape index (κ3) is 15.2. The van der Waals surface area contributed by atoms with E-state index < -0.39 is 36.6 Å².